The van der Waals surface area contributed by atoms with Crippen LogP contribution in [0.15, 0.2) is 30.3 Å². The number of ether oxygens (including phenoxy) is 1. The topological polar surface area (TPSA) is 32.8 Å². The molecule has 2 saturated heterocycles. The number of rotatable bonds is 2. The van der Waals surface area contributed by atoms with Gasteiger partial charge in [-0.2, -0.15) is 0 Å². The summed E-state index contributed by atoms with van der Waals surface area (Å²) in [5.41, 5.74) is 1.41. The van der Waals surface area contributed by atoms with Crippen molar-refractivity contribution in [3.63, 3.8) is 0 Å². The Labute approximate surface area is 126 Å². The Hall–Kier alpha value is -1.55. The predicted octanol–water partition coefficient (Wildman–Crippen LogP) is 2.39. The Morgan fingerprint density at radius 3 is 2.29 bits per heavy atom. The highest BCUT2D eigenvalue weighted by molar-refractivity contribution is 5.74. The summed E-state index contributed by atoms with van der Waals surface area (Å²) in [6.45, 7) is 4.62. The molecule has 4 heteroatoms. The number of carbonyl (C=O) groups is 1. The first-order valence-corrected chi connectivity index (χ1v) is 7.98. The maximum Gasteiger partial charge on any atom is 0.320 e. The Morgan fingerprint density at radius 1 is 1.00 bits per heavy atom. The average Bonchev–Trinajstić information content (AvgIpc) is 2.57. The fraction of sp³-hybridized carbons (Fsp3) is 0.588. The molecule has 0 atom stereocenters. The van der Waals surface area contributed by atoms with Crippen LogP contribution in [0.25, 0.3) is 0 Å². The molecule has 2 aliphatic rings. The van der Waals surface area contributed by atoms with Crippen LogP contribution >= 0.6 is 0 Å². The molecule has 0 aliphatic carbocycles. The maximum absolute atomic E-state index is 12.4. The second kappa shape index (κ2) is 6.94. The molecule has 1 aromatic carbocycles. The van der Waals surface area contributed by atoms with Crippen LogP contribution in [-0.2, 0) is 11.2 Å². The number of benzene rings is 1. The van der Waals surface area contributed by atoms with Crippen LogP contribution in [0.1, 0.15) is 18.4 Å². The number of carbonyl (C=O) groups excluding carboxylic acids is 1. The van der Waals surface area contributed by atoms with E-state index in [0.29, 0.717) is 19.1 Å². The van der Waals surface area contributed by atoms with Gasteiger partial charge in [0.1, 0.15) is 0 Å². The van der Waals surface area contributed by atoms with Crippen LogP contribution in [0.3, 0.4) is 0 Å². The number of amides is 2. The molecule has 2 fully saturated rings. The summed E-state index contributed by atoms with van der Waals surface area (Å²) in [4.78, 5) is 16.4. The summed E-state index contributed by atoms with van der Waals surface area (Å²) in [7, 11) is 0. The van der Waals surface area contributed by atoms with Gasteiger partial charge in [-0.3, -0.25) is 0 Å². The molecule has 0 spiro atoms. The molecule has 0 radical (unpaired) electrons. The monoisotopic (exact) mass is 288 g/mol. The number of likely N-dealkylation sites (tertiary alicyclic amines) is 1. The number of morpholine rings is 1. The van der Waals surface area contributed by atoms with Gasteiger partial charge in [-0.1, -0.05) is 30.3 Å². The average molecular weight is 288 g/mol. The van der Waals surface area contributed by atoms with Gasteiger partial charge in [-0.05, 0) is 30.7 Å². The Bertz CT molecular complexity index is 449. The van der Waals surface area contributed by atoms with Gasteiger partial charge in [0.15, 0.2) is 0 Å². The molecule has 0 N–H and O–H groups in total. The van der Waals surface area contributed by atoms with Crippen LogP contribution in [0.2, 0.25) is 0 Å². The van der Waals surface area contributed by atoms with Crippen LogP contribution in [0, 0.1) is 5.92 Å². The lowest BCUT2D eigenvalue weighted by molar-refractivity contribution is 0.0400. The Balaban J connectivity index is 1.47. The van der Waals surface area contributed by atoms with Crippen LogP contribution in [0.5, 0.6) is 0 Å². The van der Waals surface area contributed by atoms with Gasteiger partial charge in [-0.25, -0.2) is 4.79 Å². The van der Waals surface area contributed by atoms with E-state index in [1.165, 1.54) is 5.56 Å². The van der Waals surface area contributed by atoms with E-state index in [9.17, 15) is 4.79 Å². The summed E-state index contributed by atoms with van der Waals surface area (Å²) < 4.78 is 5.31. The summed E-state index contributed by atoms with van der Waals surface area (Å²) in [6.07, 6.45) is 3.37. The number of nitrogens with zero attached hydrogens (tertiary/aromatic N) is 2. The molecule has 1 aromatic rings. The van der Waals surface area contributed by atoms with Crippen molar-refractivity contribution in [3.05, 3.63) is 35.9 Å². The van der Waals surface area contributed by atoms with Gasteiger partial charge in [-0.15, -0.1) is 0 Å². The van der Waals surface area contributed by atoms with E-state index in [0.717, 1.165) is 45.4 Å². The predicted molar refractivity (Wildman–Crippen MR) is 82.2 cm³/mol. The number of urea groups is 1. The summed E-state index contributed by atoms with van der Waals surface area (Å²) in [6, 6.07) is 10.9. The highest BCUT2D eigenvalue weighted by atomic mass is 16.5. The first-order valence-electron chi connectivity index (χ1n) is 7.98. The molecule has 0 aromatic heterocycles. The van der Waals surface area contributed by atoms with Crippen molar-refractivity contribution in [2.24, 2.45) is 5.92 Å². The Morgan fingerprint density at radius 2 is 1.62 bits per heavy atom. The van der Waals surface area contributed by atoms with Crippen molar-refractivity contribution in [2.45, 2.75) is 19.3 Å². The Kier molecular flexibility index (Phi) is 4.76. The zero-order chi connectivity index (χ0) is 14.5. The normalized spacial score (nSPS) is 20.6. The fourth-order valence-electron chi connectivity index (χ4n) is 3.23. The lowest BCUT2D eigenvalue weighted by atomic mass is 9.90. The third-order valence-electron chi connectivity index (χ3n) is 4.53. The van der Waals surface area contributed by atoms with Crippen molar-refractivity contribution in [1.29, 1.82) is 0 Å². The molecule has 114 valence electrons. The highest BCUT2D eigenvalue weighted by Crippen LogP contribution is 2.22. The minimum Gasteiger partial charge on any atom is -0.378 e. The van der Waals surface area contributed by atoms with Gasteiger partial charge in [0.2, 0.25) is 0 Å². The van der Waals surface area contributed by atoms with Crippen molar-refractivity contribution in [1.82, 2.24) is 9.80 Å². The third kappa shape index (κ3) is 3.76. The quantitative estimate of drug-likeness (QED) is 0.837. The van der Waals surface area contributed by atoms with Crippen LogP contribution in [0.4, 0.5) is 4.79 Å². The fourth-order valence-corrected chi connectivity index (χ4v) is 3.23. The van der Waals surface area contributed by atoms with Crippen LogP contribution < -0.4 is 0 Å². The summed E-state index contributed by atoms with van der Waals surface area (Å²) >= 11 is 0. The highest BCUT2D eigenvalue weighted by Gasteiger charge is 2.27. The summed E-state index contributed by atoms with van der Waals surface area (Å²) in [5, 5.41) is 0. The SMILES string of the molecule is O=C(N1CCOCC1)N1CCC(Cc2ccccc2)CC1. The zero-order valence-corrected chi connectivity index (χ0v) is 12.5. The van der Waals surface area contributed by atoms with Gasteiger partial charge in [0, 0.05) is 26.2 Å². The first kappa shape index (κ1) is 14.4. The first-order chi connectivity index (χ1) is 10.3. The molecule has 0 saturated carbocycles. The molecule has 4 nitrogen and oxygen atoms in total. The van der Waals surface area contributed by atoms with Crippen molar-refractivity contribution < 1.29 is 9.53 Å². The van der Waals surface area contributed by atoms with Crippen molar-refractivity contribution >= 4 is 6.03 Å². The number of hydrogen-bond acceptors (Lipinski definition) is 2. The van der Waals surface area contributed by atoms with Gasteiger partial charge in [0.05, 0.1) is 13.2 Å². The molecular weight excluding hydrogens is 264 g/mol. The molecule has 0 unspecified atom stereocenters. The molecule has 3 rings (SSSR count). The van der Waals surface area contributed by atoms with E-state index in [4.69, 9.17) is 4.74 Å². The molecule has 2 aliphatic heterocycles. The minimum atomic E-state index is 0.205. The molecule has 0 bridgehead atoms. The smallest absolute Gasteiger partial charge is 0.320 e. The van der Waals surface area contributed by atoms with Crippen molar-refractivity contribution in [2.75, 3.05) is 39.4 Å². The second-order valence-corrected chi connectivity index (χ2v) is 6.00. The van der Waals surface area contributed by atoms with E-state index in [1.54, 1.807) is 0 Å². The molecule has 2 amide bonds. The summed E-state index contributed by atoms with van der Waals surface area (Å²) in [5.74, 6) is 0.709. The minimum absolute atomic E-state index is 0.205. The second-order valence-electron chi connectivity index (χ2n) is 6.00. The van der Waals surface area contributed by atoms with Gasteiger partial charge < -0.3 is 14.5 Å². The standard InChI is InChI=1S/C17H24N2O2/c20-17(19-10-12-21-13-11-19)18-8-6-16(7-9-18)14-15-4-2-1-3-5-15/h1-5,16H,6-14H2. The van der Waals surface area contributed by atoms with E-state index in [1.807, 2.05) is 9.80 Å². The molecular formula is C17H24N2O2. The van der Waals surface area contributed by atoms with Gasteiger partial charge in [0.25, 0.3) is 0 Å². The van der Waals surface area contributed by atoms with Crippen molar-refractivity contribution in [3.8, 4) is 0 Å². The van der Waals surface area contributed by atoms with E-state index < -0.39 is 0 Å². The maximum atomic E-state index is 12.4. The number of piperidine rings is 1. The van der Waals surface area contributed by atoms with E-state index in [-0.39, 0.29) is 6.03 Å². The number of hydrogen-bond donors (Lipinski definition) is 0. The molecule has 21 heavy (non-hydrogen) atoms. The van der Waals surface area contributed by atoms with E-state index >= 15 is 0 Å². The van der Waals surface area contributed by atoms with E-state index in [2.05, 4.69) is 30.3 Å². The van der Waals surface area contributed by atoms with Crippen LogP contribution in [-0.4, -0.2) is 55.2 Å². The molecule has 2 heterocycles. The third-order valence-corrected chi connectivity index (χ3v) is 4.53. The largest absolute Gasteiger partial charge is 0.378 e. The zero-order valence-electron chi connectivity index (χ0n) is 12.5. The van der Waals surface area contributed by atoms with Gasteiger partial charge >= 0.3 is 6.03 Å². The lowest BCUT2D eigenvalue weighted by Gasteiger charge is -2.37. The lowest BCUT2D eigenvalue weighted by Crippen LogP contribution is -2.50.